The molecule has 2 bridgehead atoms. The van der Waals surface area contributed by atoms with E-state index in [9.17, 15) is 5.11 Å². The second kappa shape index (κ2) is 4.63. The van der Waals surface area contributed by atoms with Crippen LogP contribution in [0.5, 0.6) is 0 Å². The Hall–Kier alpha value is -0.120. The highest BCUT2D eigenvalue weighted by Gasteiger charge is 2.42. The Labute approximate surface area is 97.8 Å². The van der Waals surface area contributed by atoms with Gasteiger partial charge in [-0.05, 0) is 31.6 Å². The predicted molar refractivity (Wildman–Crippen MR) is 62.3 cm³/mol. The summed E-state index contributed by atoms with van der Waals surface area (Å²) >= 11 is 0. The van der Waals surface area contributed by atoms with E-state index in [0.717, 1.165) is 26.3 Å². The van der Waals surface area contributed by atoms with Crippen LogP contribution in [0.3, 0.4) is 0 Å². The number of hydrogen-bond donors (Lipinski definition) is 1. The lowest BCUT2D eigenvalue weighted by molar-refractivity contribution is -0.0827. The third-order valence-corrected chi connectivity index (χ3v) is 4.88. The second-order valence-electron chi connectivity index (χ2n) is 5.64. The number of aliphatic hydroxyl groups excluding tert-OH is 1. The van der Waals surface area contributed by atoms with Crippen LogP contribution < -0.4 is 0 Å². The summed E-state index contributed by atoms with van der Waals surface area (Å²) < 4.78 is 5.42. The zero-order valence-corrected chi connectivity index (χ0v) is 9.98. The predicted octanol–water partition coefficient (Wildman–Crippen LogP) is 1.26. The van der Waals surface area contributed by atoms with Crippen molar-refractivity contribution in [2.24, 2.45) is 11.8 Å². The molecule has 0 spiro atoms. The minimum atomic E-state index is -0.0182. The third kappa shape index (κ3) is 1.89. The van der Waals surface area contributed by atoms with Crippen molar-refractivity contribution in [1.82, 2.24) is 4.90 Å². The summed E-state index contributed by atoms with van der Waals surface area (Å²) in [5.74, 6) is 1.15. The number of nitrogens with zero attached hydrogens (tertiary/aromatic N) is 1. The summed E-state index contributed by atoms with van der Waals surface area (Å²) in [6, 6.07) is 0.635. The van der Waals surface area contributed by atoms with Crippen LogP contribution in [0.4, 0.5) is 0 Å². The van der Waals surface area contributed by atoms with Gasteiger partial charge in [0.25, 0.3) is 0 Å². The second-order valence-corrected chi connectivity index (χ2v) is 5.64. The van der Waals surface area contributed by atoms with Gasteiger partial charge in [-0.1, -0.05) is 6.42 Å². The van der Waals surface area contributed by atoms with Gasteiger partial charge in [-0.3, -0.25) is 4.90 Å². The van der Waals surface area contributed by atoms with Gasteiger partial charge in [0, 0.05) is 25.0 Å². The number of hydrogen-bond acceptors (Lipinski definition) is 3. The fourth-order valence-electron chi connectivity index (χ4n) is 4.00. The van der Waals surface area contributed by atoms with Crippen LogP contribution in [0, 0.1) is 11.8 Å². The molecule has 0 aromatic rings. The van der Waals surface area contributed by atoms with Crippen LogP contribution in [-0.4, -0.2) is 48.5 Å². The van der Waals surface area contributed by atoms with Gasteiger partial charge in [0.2, 0.25) is 0 Å². The topological polar surface area (TPSA) is 32.7 Å². The zero-order chi connectivity index (χ0) is 11.0. The molecule has 0 unspecified atom stereocenters. The fourth-order valence-corrected chi connectivity index (χ4v) is 4.00. The van der Waals surface area contributed by atoms with Crippen LogP contribution in [-0.2, 0) is 4.74 Å². The summed E-state index contributed by atoms with van der Waals surface area (Å²) in [5, 5.41) is 10.3. The van der Waals surface area contributed by atoms with E-state index >= 15 is 0 Å². The lowest BCUT2D eigenvalue weighted by Gasteiger charge is -2.49. The molecule has 3 rings (SSSR count). The first-order chi connectivity index (χ1) is 7.86. The summed E-state index contributed by atoms with van der Waals surface area (Å²) in [6.07, 6.45) is 6.34. The molecule has 3 aliphatic rings. The van der Waals surface area contributed by atoms with E-state index in [0.29, 0.717) is 17.9 Å². The van der Waals surface area contributed by atoms with Crippen molar-refractivity contribution >= 4 is 0 Å². The Balaban J connectivity index is 1.69. The molecule has 4 atom stereocenters. The summed E-state index contributed by atoms with van der Waals surface area (Å²) in [4.78, 5) is 2.57. The lowest BCUT2D eigenvalue weighted by atomic mass is 9.67. The largest absolute Gasteiger partial charge is 0.392 e. The van der Waals surface area contributed by atoms with Gasteiger partial charge in [-0.2, -0.15) is 0 Å². The average Bonchev–Trinajstić information content (AvgIpc) is 2.30. The van der Waals surface area contributed by atoms with Crippen molar-refractivity contribution < 1.29 is 9.84 Å². The maximum absolute atomic E-state index is 10.3. The number of ether oxygens (including phenoxy) is 1. The monoisotopic (exact) mass is 225 g/mol. The van der Waals surface area contributed by atoms with Gasteiger partial charge in [-0.25, -0.2) is 0 Å². The van der Waals surface area contributed by atoms with E-state index in [1.165, 1.54) is 32.1 Å². The molecular formula is C13H23NO2. The van der Waals surface area contributed by atoms with Crippen molar-refractivity contribution in [2.45, 2.75) is 44.2 Å². The van der Waals surface area contributed by atoms with Gasteiger partial charge in [0.15, 0.2) is 0 Å². The molecule has 0 radical (unpaired) electrons. The number of rotatable bonds is 1. The highest BCUT2D eigenvalue weighted by atomic mass is 16.5. The maximum Gasteiger partial charge on any atom is 0.0611 e. The number of morpholine rings is 1. The van der Waals surface area contributed by atoms with Crippen molar-refractivity contribution in [1.29, 1.82) is 0 Å². The molecule has 1 heterocycles. The summed E-state index contributed by atoms with van der Waals surface area (Å²) in [7, 11) is 0. The molecular weight excluding hydrogens is 202 g/mol. The van der Waals surface area contributed by atoms with E-state index in [1.807, 2.05) is 0 Å². The quantitative estimate of drug-likeness (QED) is 0.729. The molecule has 2 aliphatic carbocycles. The minimum absolute atomic E-state index is 0.0182. The van der Waals surface area contributed by atoms with Crippen molar-refractivity contribution in [3.05, 3.63) is 0 Å². The van der Waals surface area contributed by atoms with E-state index in [2.05, 4.69) is 4.90 Å². The molecule has 0 aromatic carbocycles. The highest BCUT2D eigenvalue weighted by molar-refractivity contribution is 4.95. The lowest BCUT2D eigenvalue weighted by Crippen LogP contribution is -2.54. The van der Waals surface area contributed by atoms with E-state index in [4.69, 9.17) is 4.74 Å². The first-order valence-corrected chi connectivity index (χ1v) is 6.86. The van der Waals surface area contributed by atoms with Gasteiger partial charge in [0.05, 0.1) is 19.3 Å². The molecule has 3 heteroatoms. The fraction of sp³-hybridized carbons (Fsp3) is 1.00. The summed E-state index contributed by atoms with van der Waals surface area (Å²) in [5.41, 5.74) is 0. The molecule has 0 aromatic heterocycles. The van der Waals surface area contributed by atoms with E-state index < -0.39 is 0 Å². The van der Waals surface area contributed by atoms with Gasteiger partial charge in [0.1, 0.15) is 0 Å². The SMILES string of the molecule is O[C@@H]1[C@@H]2CCC[C@H]1[C@@H](N1CCOCC1)CC2. The third-order valence-electron chi connectivity index (χ3n) is 4.88. The highest BCUT2D eigenvalue weighted by Crippen LogP contribution is 2.42. The van der Waals surface area contributed by atoms with Crippen molar-refractivity contribution in [2.75, 3.05) is 26.3 Å². The molecule has 92 valence electrons. The molecule has 16 heavy (non-hydrogen) atoms. The molecule has 2 saturated carbocycles. The molecule has 1 aliphatic heterocycles. The normalized spacial score (nSPS) is 45.6. The molecule has 3 nitrogen and oxygen atoms in total. The molecule has 1 saturated heterocycles. The maximum atomic E-state index is 10.3. The van der Waals surface area contributed by atoms with E-state index in [-0.39, 0.29) is 6.10 Å². The Morgan fingerprint density at radius 2 is 1.81 bits per heavy atom. The average molecular weight is 225 g/mol. The van der Waals surface area contributed by atoms with Crippen LogP contribution in [0.25, 0.3) is 0 Å². The smallest absolute Gasteiger partial charge is 0.0611 e. The first-order valence-electron chi connectivity index (χ1n) is 6.86. The molecule has 1 N–H and O–H groups in total. The van der Waals surface area contributed by atoms with Crippen LogP contribution in [0.1, 0.15) is 32.1 Å². The van der Waals surface area contributed by atoms with Crippen LogP contribution in [0.2, 0.25) is 0 Å². The summed E-state index contributed by atoms with van der Waals surface area (Å²) in [6.45, 7) is 3.89. The Bertz CT molecular complexity index is 240. The Morgan fingerprint density at radius 1 is 1.00 bits per heavy atom. The zero-order valence-electron chi connectivity index (χ0n) is 9.98. The van der Waals surface area contributed by atoms with Crippen LogP contribution >= 0.6 is 0 Å². The number of fused-ring (bicyclic) bond motifs is 2. The van der Waals surface area contributed by atoms with Crippen molar-refractivity contribution in [3.8, 4) is 0 Å². The standard InChI is InChI=1S/C13H23NO2/c15-13-10-2-1-3-11(13)12(5-4-10)14-6-8-16-9-7-14/h10-13,15H,1-9H2/t10-,11+,12+,13-/m1/s1. The molecule has 3 fully saturated rings. The van der Waals surface area contributed by atoms with Crippen molar-refractivity contribution in [3.63, 3.8) is 0 Å². The van der Waals surface area contributed by atoms with E-state index in [1.54, 1.807) is 0 Å². The van der Waals surface area contributed by atoms with Crippen LogP contribution in [0.15, 0.2) is 0 Å². The van der Waals surface area contributed by atoms with Gasteiger partial charge in [-0.15, -0.1) is 0 Å². The Morgan fingerprint density at radius 3 is 2.62 bits per heavy atom. The van der Waals surface area contributed by atoms with Gasteiger partial charge >= 0.3 is 0 Å². The number of aliphatic hydroxyl groups is 1. The Kier molecular flexibility index (Phi) is 3.18. The first kappa shape index (κ1) is 11.0. The minimum Gasteiger partial charge on any atom is -0.392 e. The molecule has 0 amide bonds. The van der Waals surface area contributed by atoms with Gasteiger partial charge < -0.3 is 9.84 Å².